The van der Waals surface area contributed by atoms with E-state index in [1.807, 2.05) is 20.8 Å². The Morgan fingerprint density at radius 3 is 2.35 bits per heavy atom. The predicted molar refractivity (Wildman–Crippen MR) is 64.9 cm³/mol. The first-order chi connectivity index (χ1) is 7.78. The van der Waals surface area contributed by atoms with E-state index in [1.165, 1.54) is 5.06 Å². The Bertz CT molecular complexity index is 253. The number of amides is 1. The van der Waals surface area contributed by atoms with Gasteiger partial charge in [0, 0.05) is 26.7 Å². The molecule has 1 heterocycles. The molecule has 0 saturated carbocycles. The van der Waals surface area contributed by atoms with Crippen molar-refractivity contribution in [2.45, 2.75) is 39.2 Å². The highest BCUT2D eigenvalue weighted by atomic mass is 16.6. The first kappa shape index (κ1) is 14.3. The van der Waals surface area contributed by atoms with Crippen LogP contribution in [0.5, 0.6) is 0 Å². The summed E-state index contributed by atoms with van der Waals surface area (Å²) in [7, 11) is 1.65. The lowest BCUT2D eigenvalue weighted by Gasteiger charge is -2.34. The maximum atomic E-state index is 11.8. The van der Waals surface area contributed by atoms with Crippen LogP contribution in [-0.2, 0) is 4.74 Å². The van der Waals surface area contributed by atoms with Crippen molar-refractivity contribution in [1.29, 1.82) is 0 Å². The molecule has 5 heteroatoms. The van der Waals surface area contributed by atoms with Gasteiger partial charge in [-0.15, -0.1) is 0 Å². The number of hydrogen-bond acceptors (Lipinski definition) is 4. The Morgan fingerprint density at radius 1 is 1.41 bits per heavy atom. The van der Waals surface area contributed by atoms with Gasteiger partial charge in [-0.2, -0.15) is 5.06 Å². The zero-order valence-electron chi connectivity index (χ0n) is 11.3. The number of likely N-dealkylation sites (tertiary alicyclic amines) is 1. The smallest absolute Gasteiger partial charge is 0.410 e. The molecule has 1 rings (SSSR count). The van der Waals surface area contributed by atoms with Crippen molar-refractivity contribution in [1.82, 2.24) is 9.96 Å². The molecular weight excluding hydrogens is 220 g/mol. The molecule has 0 aromatic rings. The van der Waals surface area contributed by atoms with Crippen molar-refractivity contribution in [3.63, 3.8) is 0 Å². The van der Waals surface area contributed by atoms with E-state index in [4.69, 9.17) is 9.94 Å². The molecule has 1 amide bonds. The van der Waals surface area contributed by atoms with Crippen LogP contribution in [0.3, 0.4) is 0 Å². The molecule has 0 radical (unpaired) electrons. The summed E-state index contributed by atoms with van der Waals surface area (Å²) in [5, 5.41) is 10.4. The van der Waals surface area contributed by atoms with Crippen LogP contribution in [0.2, 0.25) is 0 Å². The number of ether oxygens (including phenoxy) is 1. The van der Waals surface area contributed by atoms with E-state index in [1.54, 1.807) is 11.9 Å². The van der Waals surface area contributed by atoms with E-state index >= 15 is 0 Å². The highest BCUT2D eigenvalue weighted by Gasteiger charge is 2.26. The zero-order valence-corrected chi connectivity index (χ0v) is 11.3. The predicted octanol–water partition coefficient (Wildman–Crippen LogP) is 1.95. The molecule has 0 atom stereocenters. The molecule has 100 valence electrons. The van der Waals surface area contributed by atoms with Crippen LogP contribution >= 0.6 is 0 Å². The van der Waals surface area contributed by atoms with Gasteiger partial charge in [-0.05, 0) is 39.5 Å². The van der Waals surface area contributed by atoms with Crippen molar-refractivity contribution >= 4 is 6.09 Å². The maximum Gasteiger partial charge on any atom is 0.410 e. The Kier molecular flexibility index (Phi) is 4.77. The molecule has 5 nitrogen and oxygen atoms in total. The lowest BCUT2D eigenvalue weighted by Crippen LogP contribution is -2.43. The first-order valence-electron chi connectivity index (χ1n) is 6.16. The number of hydrogen-bond donors (Lipinski definition) is 1. The summed E-state index contributed by atoms with van der Waals surface area (Å²) in [4.78, 5) is 13.5. The van der Waals surface area contributed by atoms with E-state index in [0.717, 1.165) is 12.8 Å². The summed E-state index contributed by atoms with van der Waals surface area (Å²) in [5.74, 6) is 0.462. The van der Waals surface area contributed by atoms with Crippen LogP contribution in [0.15, 0.2) is 0 Å². The molecule has 0 spiro atoms. The van der Waals surface area contributed by atoms with Gasteiger partial charge in [-0.25, -0.2) is 4.79 Å². The van der Waals surface area contributed by atoms with Gasteiger partial charge >= 0.3 is 6.09 Å². The fourth-order valence-corrected chi connectivity index (χ4v) is 2.00. The molecule has 0 bridgehead atoms. The first-order valence-corrected chi connectivity index (χ1v) is 6.16. The lowest BCUT2D eigenvalue weighted by atomic mass is 9.97. The molecular formula is C12H24N2O3. The molecule has 1 saturated heterocycles. The highest BCUT2D eigenvalue weighted by molar-refractivity contribution is 5.68. The van der Waals surface area contributed by atoms with E-state index in [9.17, 15) is 4.79 Å². The second-order valence-electron chi connectivity index (χ2n) is 5.75. The largest absolute Gasteiger partial charge is 0.444 e. The van der Waals surface area contributed by atoms with E-state index in [-0.39, 0.29) is 6.09 Å². The molecule has 0 unspecified atom stereocenters. The number of rotatable bonds is 2. The number of carbonyl (C=O) groups is 1. The molecule has 0 aromatic heterocycles. The maximum absolute atomic E-state index is 11.8. The van der Waals surface area contributed by atoms with Crippen LogP contribution in [0, 0.1) is 5.92 Å². The summed E-state index contributed by atoms with van der Waals surface area (Å²) in [6, 6.07) is 0. The topological polar surface area (TPSA) is 53.0 Å². The van der Waals surface area contributed by atoms with Crippen LogP contribution in [0.4, 0.5) is 4.79 Å². The van der Waals surface area contributed by atoms with Gasteiger partial charge in [-0.3, -0.25) is 0 Å². The van der Waals surface area contributed by atoms with E-state index < -0.39 is 5.60 Å². The molecule has 0 aliphatic carbocycles. The highest BCUT2D eigenvalue weighted by Crippen LogP contribution is 2.19. The average Bonchev–Trinajstić information content (AvgIpc) is 2.15. The molecule has 1 aliphatic heterocycles. The normalized spacial score (nSPS) is 18.6. The summed E-state index contributed by atoms with van der Waals surface area (Å²) in [6.45, 7) is 7.72. The minimum Gasteiger partial charge on any atom is -0.444 e. The second-order valence-corrected chi connectivity index (χ2v) is 5.75. The van der Waals surface area contributed by atoms with Gasteiger partial charge in [0.25, 0.3) is 0 Å². The monoisotopic (exact) mass is 244 g/mol. The molecule has 0 aromatic carbocycles. The van der Waals surface area contributed by atoms with Crippen molar-refractivity contribution in [2.24, 2.45) is 5.92 Å². The molecule has 1 N–H and O–H groups in total. The minimum absolute atomic E-state index is 0.228. The fourth-order valence-electron chi connectivity index (χ4n) is 2.00. The Hall–Kier alpha value is -0.810. The van der Waals surface area contributed by atoms with E-state index in [0.29, 0.717) is 25.6 Å². The fraction of sp³-hybridized carbons (Fsp3) is 0.917. The van der Waals surface area contributed by atoms with Gasteiger partial charge < -0.3 is 14.8 Å². The molecule has 1 fully saturated rings. The van der Waals surface area contributed by atoms with Crippen LogP contribution in [0.25, 0.3) is 0 Å². The second kappa shape index (κ2) is 5.69. The zero-order chi connectivity index (χ0) is 13.1. The van der Waals surface area contributed by atoms with Crippen molar-refractivity contribution in [3.8, 4) is 0 Å². The van der Waals surface area contributed by atoms with E-state index in [2.05, 4.69) is 0 Å². The third-order valence-corrected chi connectivity index (χ3v) is 2.79. The SMILES string of the molecule is CN(O)CC1CCN(C(=O)OC(C)(C)C)CC1. The van der Waals surface area contributed by atoms with Gasteiger partial charge in [0.1, 0.15) is 5.60 Å². The van der Waals surface area contributed by atoms with Gasteiger partial charge in [0.2, 0.25) is 0 Å². The van der Waals surface area contributed by atoms with Crippen molar-refractivity contribution < 1.29 is 14.7 Å². The Labute approximate surface area is 103 Å². The summed E-state index contributed by atoms with van der Waals surface area (Å²) >= 11 is 0. The number of piperidine rings is 1. The quantitative estimate of drug-likeness (QED) is 0.754. The Morgan fingerprint density at radius 2 is 1.94 bits per heavy atom. The summed E-state index contributed by atoms with van der Waals surface area (Å²) in [6.07, 6.45) is 1.61. The molecule has 1 aliphatic rings. The minimum atomic E-state index is -0.431. The Balaban J connectivity index is 2.34. The van der Waals surface area contributed by atoms with Gasteiger partial charge in [0.05, 0.1) is 0 Å². The van der Waals surface area contributed by atoms with Crippen LogP contribution in [0.1, 0.15) is 33.6 Å². The number of nitrogens with zero attached hydrogens (tertiary/aromatic N) is 2. The van der Waals surface area contributed by atoms with Crippen molar-refractivity contribution in [2.75, 3.05) is 26.7 Å². The third-order valence-electron chi connectivity index (χ3n) is 2.79. The third kappa shape index (κ3) is 5.37. The van der Waals surface area contributed by atoms with Crippen LogP contribution in [-0.4, -0.2) is 53.5 Å². The van der Waals surface area contributed by atoms with Gasteiger partial charge in [0.15, 0.2) is 0 Å². The van der Waals surface area contributed by atoms with Crippen LogP contribution < -0.4 is 0 Å². The van der Waals surface area contributed by atoms with Gasteiger partial charge in [-0.1, -0.05) is 0 Å². The number of carbonyl (C=O) groups excluding carboxylic acids is 1. The summed E-state index contributed by atoms with van der Waals surface area (Å²) < 4.78 is 5.32. The average molecular weight is 244 g/mol. The van der Waals surface area contributed by atoms with Crippen molar-refractivity contribution in [3.05, 3.63) is 0 Å². The molecule has 17 heavy (non-hydrogen) atoms. The standard InChI is InChI=1S/C12H24N2O3/c1-12(2,3)17-11(15)14-7-5-10(6-8-14)9-13(4)16/h10,16H,5-9H2,1-4H3. The summed E-state index contributed by atoms with van der Waals surface area (Å²) in [5.41, 5.74) is -0.431. The lowest BCUT2D eigenvalue weighted by molar-refractivity contribution is -0.0810. The number of hydroxylamine groups is 2.